The first-order valence-electron chi connectivity index (χ1n) is 9.15. The lowest BCUT2D eigenvalue weighted by Crippen LogP contribution is -2.53. The number of carbonyl (C=O) groups is 1. The molecule has 4 heteroatoms. The molecule has 0 aromatic heterocycles. The van der Waals surface area contributed by atoms with Gasteiger partial charge in [-0.25, -0.2) is 0 Å². The standard InChI is InChI=1S/C21H25NO3/c1-25-19-8-7-16-11-18(6-5-17(16)12-19)20(23)21(24)9-2-10-22(14-21)13-15-3-4-15/h5-8,11-12,15,24H,2-4,9-10,13-14H2,1H3/t21-/m1/s1. The maximum absolute atomic E-state index is 13.0. The van der Waals surface area contributed by atoms with Crippen molar-refractivity contribution in [1.29, 1.82) is 0 Å². The van der Waals surface area contributed by atoms with Crippen molar-refractivity contribution in [1.82, 2.24) is 4.90 Å². The van der Waals surface area contributed by atoms with Gasteiger partial charge in [-0.05, 0) is 67.1 Å². The number of ether oxygens (including phenoxy) is 1. The highest BCUT2D eigenvalue weighted by molar-refractivity contribution is 6.05. The molecule has 1 saturated heterocycles. The van der Waals surface area contributed by atoms with Crippen molar-refractivity contribution in [3.05, 3.63) is 42.0 Å². The van der Waals surface area contributed by atoms with Crippen LogP contribution in [0.25, 0.3) is 10.8 Å². The van der Waals surface area contributed by atoms with E-state index in [0.29, 0.717) is 18.5 Å². The molecule has 1 saturated carbocycles. The summed E-state index contributed by atoms with van der Waals surface area (Å²) in [5.74, 6) is 1.42. The first kappa shape index (κ1) is 16.6. The van der Waals surface area contributed by atoms with Crippen molar-refractivity contribution < 1.29 is 14.6 Å². The minimum absolute atomic E-state index is 0.147. The average molecular weight is 339 g/mol. The van der Waals surface area contributed by atoms with E-state index in [1.54, 1.807) is 7.11 Å². The minimum atomic E-state index is -1.26. The molecule has 2 aromatic rings. The minimum Gasteiger partial charge on any atom is -0.497 e. The Morgan fingerprint density at radius 1 is 1.24 bits per heavy atom. The highest BCUT2D eigenvalue weighted by atomic mass is 16.5. The van der Waals surface area contributed by atoms with Gasteiger partial charge in [0.15, 0.2) is 5.78 Å². The Morgan fingerprint density at radius 2 is 2.00 bits per heavy atom. The van der Waals surface area contributed by atoms with Crippen LogP contribution in [0.2, 0.25) is 0 Å². The van der Waals surface area contributed by atoms with Crippen LogP contribution in [0.15, 0.2) is 36.4 Å². The zero-order chi connectivity index (χ0) is 17.4. The zero-order valence-electron chi connectivity index (χ0n) is 14.7. The van der Waals surface area contributed by atoms with Crippen LogP contribution in [0.4, 0.5) is 0 Å². The van der Waals surface area contributed by atoms with Crippen LogP contribution in [0.5, 0.6) is 5.75 Å². The van der Waals surface area contributed by atoms with Crippen molar-refractivity contribution in [3.8, 4) is 5.75 Å². The molecular weight excluding hydrogens is 314 g/mol. The highest BCUT2D eigenvalue weighted by Crippen LogP contribution is 2.33. The third-order valence-electron chi connectivity index (χ3n) is 5.50. The van der Waals surface area contributed by atoms with Gasteiger partial charge in [-0.1, -0.05) is 18.2 Å². The third kappa shape index (κ3) is 3.42. The summed E-state index contributed by atoms with van der Waals surface area (Å²) in [7, 11) is 1.64. The van der Waals surface area contributed by atoms with E-state index in [-0.39, 0.29) is 5.78 Å². The quantitative estimate of drug-likeness (QED) is 0.850. The van der Waals surface area contributed by atoms with E-state index in [2.05, 4.69) is 4.90 Å². The number of piperidine rings is 1. The molecule has 132 valence electrons. The lowest BCUT2D eigenvalue weighted by molar-refractivity contribution is -0.0148. The number of aliphatic hydroxyl groups is 1. The van der Waals surface area contributed by atoms with Gasteiger partial charge in [-0.3, -0.25) is 9.69 Å². The number of nitrogens with zero attached hydrogens (tertiary/aromatic N) is 1. The van der Waals surface area contributed by atoms with Crippen LogP contribution in [-0.4, -0.2) is 48.1 Å². The van der Waals surface area contributed by atoms with E-state index in [9.17, 15) is 9.90 Å². The average Bonchev–Trinajstić information content (AvgIpc) is 3.44. The molecule has 25 heavy (non-hydrogen) atoms. The van der Waals surface area contributed by atoms with Crippen molar-refractivity contribution in [3.63, 3.8) is 0 Å². The lowest BCUT2D eigenvalue weighted by atomic mass is 9.84. The second kappa shape index (κ2) is 6.43. The molecule has 2 aliphatic rings. The Bertz CT molecular complexity index is 799. The molecule has 0 spiro atoms. The molecule has 1 N–H and O–H groups in total. The summed E-state index contributed by atoms with van der Waals surface area (Å²) in [5, 5.41) is 13.1. The number of β-amino-alcohol motifs (C(OH)–C–C–N with tert-alkyl or cyclic N) is 1. The van der Waals surface area contributed by atoms with Crippen LogP contribution < -0.4 is 4.74 Å². The molecule has 1 heterocycles. The van der Waals surface area contributed by atoms with E-state index >= 15 is 0 Å². The number of carbonyl (C=O) groups excluding carboxylic acids is 1. The van der Waals surface area contributed by atoms with Crippen molar-refractivity contribution in [2.24, 2.45) is 5.92 Å². The molecule has 0 amide bonds. The van der Waals surface area contributed by atoms with Gasteiger partial charge < -0.3 is 9.84 Å². The number of likely N-dealkylation sites (tertiary alicyclic amines) is 1. The predicted octanol–water partition coefficient (Wildman–Crippen LogP) is 3.27. The monoisotopic (exact) mass is 339 g/mol. The topological polar surface area (TPSA) is 49.8 Å². The van der Waals surface area contributed by atoms with Gasteiger partial charge in [-0.15, -0.1) is 0 Å². The van der Waals surface area contributed by atoms with Crippen LogP contribution in [0.1, 0.15) is 36.0 Å². The van der Waals surface area contributed by atoms with Gasteiger partial charge in [0.05, 0.1) is 7.11 Å². The second-order valence-corrected chi connectivity index (χ2v) is 7.57. The molecule has 0 unspecified atom stereocenters. The summed E-state index contributed by atoms with van der Waals surface area (Å²) in [6.45, 7) is 2.47. The number of rotatable bonds is 5. The SMILES string of the molecule is COc1ccc2cc(C(=O)[C@@]3(O)CCCN(CC4CC4)C3)ccc2c1. The summed E-state index contributed by atoms with van der Waals surface area (Å²) in [6, 6.07) is 11.4. The van der Waals surface area contributed by atoms with Gasteiger partial charge in [-0.2, -0.15) is 0 Å². The van der Waals surface area contributed by atoms with Gasteiger partial charge in [0.2, 0.25) is 0 Å². The number of hydrogen-bond acceptors (Lipinski definition) is 4. The summed E-state index contributed by atoms with van der Waals surface area (Å²) in [5.41, 5.74) is -0.666. The molecule has 0 bridgehead atoms. The van der Waals surface area contributed by atoms with E-state index in [0.717, 1.165) is 42.0 Å². The number of Topliss-reactive ketones (excluding diaryl/α,β-unsaturated/α-hetero) is 1. The summed E-state index contributed by atoms with van der Waals surface area (Å²) < 4.78 is 5.25. The first-order chi connectivity index (χ1) is 12.1. The molecule has 4 nitrogen and oxygen atoms in total. The number of ketones is 1. The predicted molar refractivity (Wildman–Crippen MR) is 98.2 cm³/mol. The zero-order valence-corrected chi connectivity index (χ0v) is 14.7. The number of benzene rings is 2. The molecule has 2 fully saturated rings. The van der Waals surface area contributed by atoms with Crippen LogP contribution in [0.3, 0.4) is 0 Å². The molecule has 0 radical (unpaired) electrons. The first-order valence-corrected chi connectivity index (χ1v) is 9.15. The van der Waals surface area contributed by atoms with Gasteiger partial charge >= 0.3 is 0 Å². The summed E-state index contributed by atoms with van der Waals surface area (Å²) in [4.78, 5) is 15.3. The lowest BCUT2D eigenvalue weighted by Gasteiger charge is -2.38. The molecule has 1 aliphatic carbocycles. The normalized spacial score (nSPS) is 24.4. The summed E-state index contributed by atoms with van der Waals surface area (Å²) in [6.07, 6.45) is 4.00. The Balaban J connectivity index is 1.57. The number of fused-ring (bicyclic) bond motifs is 1. The van der Waals surface area contributed by atoms with E-state index in [1.165, 1.54) is 12.8 Å². The maximum Gasteiger partial charge on any atom is 0.195 e. The van der Waals surface area contributed by atoms with Crippen LogP contribution >= 0.6 is 0 Å². The van der Waals surface area contributed by atoms with E-state index in [1.807, 2.05) is 36.4 Å². The van der Waals surface area contributed by atoms with Gasteiger partial charge in [0.1, 0.15) is 11.4 Å². The fraction of sp³-hybridized carbons (Fsp3) is 0.476. The van der Waals surface area contributed by atoms with Crippen molar-refractivity contribution in [2.45, 2.75) is 31.3 Å². The highest BCUT2D eigenvalue weighted by Gasteiger charge is 2.41. The Kier molecular flexibility index (Phi) is 4.26. The number of hydrogen-bond donors (Lipinski definition) is 1. The van der Waals surface area contributed by atoms with E-state index in [4.69, 9.17) is 4.74 Å². The molecular formula is C21H25NO3. The Labute approximate surface area is 148 Å². The summed E-state index contributed by atoms with van der Waals surface area (Å²) >= 11 is 0. The van der Waals surface area contributed by atoms with Crippen molar-refractivity contribution >= 4 is 16.6 Å². The van der Waals surface area contributed by atoms with Gasteiger partial charge in [0.25, 0.3) is 0 Å². The third-order valence-corrected chi connectivity index (χ3v) is 5.50. The molecule has 1 aliphatic heterocycles. The van der Waals surface area contributed by atoms with Crippen molar-refractivity contribution in [2.75, 3.05) is 26.7 Å². The fourth-order valence-corrected chi connectivity index (χ4v) is 3.89. The van der Waals surface area contributed by atoms with E-state index < -0.39 is 5.60 Å². The molecule has 4 rings (SSSR count). The Morgan fingerprint density at radius 3 is 2.76 bits per heavy atom. The van der Waals surface area contributed by atoms with Crippen LogP contribution in [-0.2, 0) is 0 Å². The second-order valence-electron chi connectivity index (χ2n) is 7.57. The molecule has 1 atom stereocenters. The smallest absolute Gasteiger partial charge is 0.195 e. The fourth-order valence-electron chi connectivity index (χ4n) is 3.89. The Hall–Kier alpha value is -1.91. The molecule has 2 aromatic carbocycles. The largest absolute Gasteiger partial charge is 0.497 e. The van der Waals surface area contributed by atoms with Gasteiger partial charge in [0, 0.05) is 18.7 Å². The maximum atomic E-state index is 13.0. The van der Waals surface area contributed by atoms with Crippen LogP contribution in [0, 0.1) is 5.92 Å². The number of methoxy groups -OCH3 is 1.